The fourth-order valence-electron chi connectivity index (χ4n) is 1.33. The minimum absolute atomic E-state index is 0.807. The Labute approximate surface area is 77.0 Å². The molecule has 2 aromatic rings. The maximum absolute atomic E-state index is 4.29. The van der Waals surface area contributed by atoms with Crippen molar-refractivity contribution in [2.24, 2.45) is 0 Å². The van der Waals surface area contributed by atoms with Gasteiger partial charge < -0.3 is 0 Å². The van der Waals surface area contributed by atoms with Crippen molar-refractivity contribution in [2.75, 3.05) is 0 Å². The molecule has 1 aromatic heterocycles. The molecule has 0 atom stereocenters. The van der Waals surface area contributed by atoms with Gasteiger partial charge in [-0.1, -0.05) is 18.2 Å². The Hall–Kier alpha value is -1.64. The summed E-state index contributed by atoms with van der Waals surface area (Å²) in [6.45, 7) is 3.85. The number of para-hydroxylation sites is 1. The molecule has 0 unspecified atom stereocenters. The molecule has 0 amide bonds. The van der Waals surface area contributed by atoms with Crippen LogP contribution < -0.4 is 0 Å². The van der Waals surface area contributed by atoms with E-state index in [1.807, 2.05) is 48.9 Å². The first-order chi connectivity index (χ1) is 6.27. The quantitative estimate of drug-likeness (QED) is 0.659. The van der Waals surface area contributed by atoms with Crippen molar-refractivity contribution in [1.82, 2.24) is 14.8 Å². The van der Waals surface area contributed by atoms with Gasteiger partial charge in [0.1, 0.15) is 11.6 Å². The molecule has 2 rings (SSSR count). The monoisotopic (exact) mass is 173 g/mol. The largest absolute Gasteiger partial charge is 0.218 e. The zero-order chi connectivity index (χ0) is 9.26. The summed E-state index contributed by atoms with van der Waals surface area (Å²) in [7, 11) is 0. The van der Waals surface area contributed by atoms with Crippen LogP contribution in [-0.2, 0) is 0 Å². The van der Waals surface area contributed by atoms with E-state index in [0.717, 1.165) is 17.3 Å². The predicted molar refractivity (Wildman–Crippen MR) is 50.8 cm³/mol. The Bertz CT molecular complexity index is 403. The minimum atomic E-state index is 0.807. The summed E-state index contributed by atoms with van der Waals surface area (Å²) in [5.74, 6) is 1.73. The normalized spacial score (nSPS) is 10.3. The average molecular weight is 173 g/mol. The van der Waals surface area contributed by atoms with Gasteiger partial charge in [0.2, 0.25) is 0 Å². The molecule has 3 nitrogen and oxygen atoms in total. The predicted octanol–water partition coefficient (Wildman–Crippen LogP) is 1.88. The molecule has 1 heterocycles. The van der Waals surface area contributed by atoms with Crippen LogP contribution in [0, 0.1) is 13.8 Å². The maximum Gasteiger partial charge on any atom is 0.148 e. The van der Waals surface area contributed by atoms with Gasteiger partial charge >= 0.3 is 0 Å². The second kappa shape index (κ2) is 3.01. The van der Waals surface area contributed by atoms with Crippen LogP contribution in [0.3, 0.4) is 0 Å². The smallest absolute Gasteiger partial charge is 0.148 e. The molecule has 0 aliphatic carbocycles. The highest BCUT2D eigenvalue weighted by molar-refractivity contribution is 5.30. The molecule has 0 bridgehead atoms. The molecule has 13 heavy (non-hydrogen) atoms. The Morgan fingerprint density at radius 2 is 1.77 bits per heavy atom. The number of aryl methyl sites for hydroxylation is 2. The fourth-order valence-corrected chi connectivity index (χ4v) is 1.33. The van der Waals surface area contributed by atoms with Gasteiger partial charge in [-0.15, -0.1) is 0 Å². The Morgan fingerprint density at radius 3 is 2.31 bits per heavy atom. The van der Waals surface area contributed by atoms with Crippen molar-refractivity contribution in [3.05, 3.63) is 42.0 Å². The molecule has 0 N–H and O–H groups in total. The summed E-state index contributed by atoms with van der Waals surface area (Å²) in [6.07, 6.45) is 0. The van der Waals surface area contributed by atoms with E-state index >= 15 is 0 Å². The Balaban J connectivity index is 2.53. The van der Waals surface area contributed by atoms with Crippen molar-refractivity contribution in [3.8, 4) is 5.69 Å². The van der Waals surface area contributed by atoms with Crippen LogP contribution in [0.25, 0.3) is 5.69 Å². The molecular weight excluding hydrogens is 162 g/mol. The molecular formula is C10H11N3. The second-order valence-electron chi connectivity index (χ2n) is 2.95. The van der Waals surface area contributed by atoms with E-state index in [2.05, 4.69) is 10.1 Å². The summed E-state index contributed by atoms with van der Waals surface area (Å²) < 4.78 is 1.84. The lowest BCUT2D eigenvalue weighted by atomic mass is 10.3. The van der Waals surface area contributed by atoms with Gasteiger partial charge in [0.15, 0.2) is 0 Å². The first-order valence-corrected chi connectivity index (χ1v) is 4.23. The third-order valence-corrected chi connectivity index (χ3v) is 1.88. The summed E-state index contributed by atoms with van der Waals surface area (Å²) >= 11 is 0. The highest BCUT2D eigenvalue weighted by atomic mass is 15.3. The van der Waals surface area contributed by atoms with Gasteiger partial charge in [-0.2, -0.15) is 5.10 Å². The van der Waals surface area contributed by atoms with Gasteiger partial charge in [-0.25, -0.2) is 9.67 Å². The number of nitrogens with zero attached hydrogens (tertiary/aromatic N) is 3. The van der Waals surface area contributed by atoms with E-state index in [1.54, 1.807) is 0 Å². The van der Waals surface area contributed by atoms with E-state index in [4.69, 9.17) is 0 Å². The first kappa shape index (κ1) is 7.98. The maximum atomic E-state index is 4.29. The van der Waals surface area contributed by atoms with Gasteiger partial charge in [-0.05, 0) is 26.0 Å². The molecule has 0 saturated carbocycles. The molecule has 1 aromatic carbocycles. The number of benzene rings is 1. The van der Waals surface area contributed by atoms with Crippen LogP contribution in [0.1, 0.15) is 11.6 Å². The van der Waals surface area contributed by atoms with Crippen LogP contribution >= 0.6 is 0 Å². The standard InChI is InChI=1S/C10H11N3/c1-8-11-9(2)13(12-8)10-6-4-3-5-7-10/h3-7H,1-2H3. The van der Waals surface area contributed by atoms with Crippen molar-refractivity contribution < 1.29 is 0 Å². The Morgan fingerprint density at radius 1 is 1.08 bits per heavy atom. The third kappa shape index (κ3) is 1.45. The molecule has 0 aliphatic rings. The average Bonchev–Trinajstić information content (AvgIpc) is 2.47. The fraction of sp³-hybridized carbons (Fsp3) is 0.200. The topological polar surface area (TPSA) is 30.7 Å². The van der Waals surface area contributed by atoms with E-state index in [1.165, 1.54) is 0 Å². The molecule has 0 radical (unpaired) electrons. The van der Waals surface area contributed by atoms with E-state index in [-0.39, 0.29) is 0 Å². The van der Waals surface area contributed by atoms with Gasteiger partial charge in [0.05, 0.1) is 5.69 Å². The van der Waals surface area contributed by atoms with Gasteiger partial charge in [0.25, 0.3) is 0 Å². The van der Waals surface area contributed by atoms with Crippen LogP contribution in [-0.4, -0.2) is 14.8 Å². The minimum Gasteiger partial charge on any atom is -0.218 e. The number of aromatic nitrogens is 3. The van der Waals surface area contributed by atoms with Crippen LogP contribution in [0.15, 0.2) is 30.3 Å². The van der Waals surface area contributed by atoms with Crippen molar-refractivity contribution in [3.63, 3.8) is 0 Å². The lowest BCUT2D eigenvalue weighted by Crippen LogP contribution is -1.98. The number of rotatable bonds is 1. The molecule has 0 spiro atoms. The lowest BCUT2D eigenvalue weighted by Gasteiger charge is -2.00. The van der Waals surface area contributed by atoms with Crippen LogP contribution in [0.5, 0.6) is 0 Å². The zero-order valence-electron chi connectivity index (χ0n) is 7.73. The van der Waals surface area contributed by atoms with Crippen molar-refractivity contribution in [1.29, 1.82) is 0 Å². The van der Waals surface area contributed by atoms with E-state index < -0.39 is 0 Å². The van der Waals surface area contributed by atoms with Crippen molar-refractivity contribution >= 4 is 0 Å². The van der Waals surface area contributed by atoms with Crippen LogP contribution in [0.4, 0.5) is 0 Å². The van der Waals surface area contributed by atoms with Gasteiger partial charge in [-0.3, -0.25) is 0 Å². The summed E-state index contributed by atoms with van der Waals surface area (Å²) in [5.41, 5.74) is 1.06. The Kier molecular flexibility index (Phi) is 1.85. The number of hydrogen-bond acceptors (Lipinski definition) is 2. The molecule has 0 aliphatic heterocycles. The third-order valence-electron chi connectivity index (χ3n) is 1.88. The molecule has 66 valence electrons. The SMILES string of the molecule is Cc1nc(C)n(-c2ccccc2)n1. The zero-order valence-corrected chi connectivity index (χ0v) is 7.73. The molecule has 3 heteroatoms. The summed E-state index contributed by atoms with van der Waals surface area (Å²) in [4.78, 5) is 4.24. The van der Waals surface area contributed by atoms with E-state index in [0.29, 0.717) is 0 Å². The molecule has 0 fully saturated rings. The number of hydrogen-bond donors (Lipinski definition) is 0. The summed E-state index contributed by atoms with van der Waals surface area (Å²) in [6, 6.07) is 10.0. The highest BCUT2D eigenvalue weighted by Crippen LogP contribution is 2.07. The second-order valence-corrected chi connectivity index (χ2v) is 2.95. The van der Waals surface area contributed by atoms with Gasteiger partial charge in [0, 0.05) is 0 Å². The first-order valence-electron chi connectivity index (χ1n) is 4.23. The van der Waals surface area contributed by atoms with Crippen molar-refractivity contribution in [2.45, 2.75) is 13.8 Å². The lowest BCUT2D eigenvalue weighted by molar-refractivity contribution is 0.831. The summed E-state index contributed by atoms with van der Waals surface area (Å²) in [5, 5.41) is 4.29. The molecule has 0 saturated heterocycles. The van der Waals surface area contributed by atoms with E-state index in [9.17, 15) is 0 Å². The highest BCUT2D eigenvalue weighted by Gasteiger charge is 2.02. The van der Waals surface area contributed by atoms with Crippen LogP contribution in [0.2, 0.25) is 0 Å².